The highest BCUT2D eigenvalue weighted by atomic mass is 16.6. The Balaban J connectivity index is 1.41. The zero-order chi connectivity index (χ0) is 18.9. The van der Waals surface area contributed by atoms with E-state index in [4.69, 9.17) is 4.74 Å². The van der Waals surface area contributed by atoms with Crippen LogP contribution in [0.1, 0.15) is 44.1 Å². The van der Waals surface area contributed by atoms with Gasteiger partial charge in [-0.3, -0.25) is 14.5 Å². The van der Waals surface area contributed by atoms with Gasteiger partial charge in [0.25, 0.3) is 0 Å². The maximum absolute atomic E-state index is 13.2. The molecule has 4 atom stereocenters. The van der Waals surface area contributed by atoms with Gasteiger partial charge in [-0.15, -0.1) is 0 Å². The Labute approximate surface area is 165 Å². The summed E-state index contributed by atoms with van der Waals surface area (Å²) in [6, 6.07) is 10.5. The van der Waals surface area contributed by atoms with Crippen molar-refractivity contribution in [2.75, 3.05) is 6.54 Å². The molecule has 4 nitrogen and oxygen atoms in total. The highest BCUT2D eigenvalue weighted by molar-refractivity contribution is 5.97. The van der Waals surface area contributed by atoms with Gasteiger partial charge in [-0.2, -0.15) is 0 Å². The molecule has 28 heavy (non-hydrogen) atoms. The molecule has 0 aromatic heterocycles. The van der Waals surface area contributed by atoms with Crippen LogP contribution in [-0.2, 0) is 20.7 Å². The van der Waals surface area contributed by atoms with Crippen LogP contribution in [0.25, 0.3) is 0 Å². The number of esters is 1. The molecule has 5 aliphatic rings. The summed E-state index contributed by atoms with van der Waals surface area (Å²) >= 11 is 0. The Hall–Kier alpha value is -1.94. The van der Waals surface area contributed by atoms with Gasteiger partial charge in [-0.1, -0.05) is 43.2 Å². The molecule has 0 radical (unpaired) electrons. The van der Waals surface area contributed by atoms with Gasteiger partial charge in [0, 0.05) is 24.8 Å². The molecule has 4 heteroatoms. The summed E-state index contributed by atoms with van der Waals surface area (Å²) in [5.41, 5.74) is 2.03. The summed E-state index contributed by atoms with van der Waals surface area (Å²) in [7, 11) is 0. The number of carbonyl (C=O) groups is 2. The van der Waals surface area contributed by atoms with Crippen molar-refractivity contribution in [3.8, 4) is 0 Å². The maximum Gasteiger partial charge on any atom is 0.326 e. The van der Waals surface area contributed by atoms with Crippen LogP contribution in [0, 0.1) is 17.8 Å². The van der Waals surface area contributed by atoms with Gasteiger partial charge in [0.15, 0.2) is 5.78 Å². The molecule has 0 unspecified atom stereocenters. The second-order valence-electron chi connectivity index (χ2n) is 9.50. The number of hydrogen-bond donors (Lipinski definition) is 0. The number of rotatable bonds is 3. The third-order valence-electron chi connectivity index (χ3n) is 7.96. The highest BCUT2D eigenvalue weighted by Crippen LogP contribution is 2.56. The second kappa shape index (κ2) is 6.03. The number of cyclic esters (lactones) is 1. The fourth-order valence-corrected chi connectivity index (χ4v) is 6.61. The number of allylic oxidation sites excluding steroid dienone is 1. The van der Waals surface area contributed by atoms with E-state index < -0.39 is 5.54 Å². The van der Waals surface area contributed by atoms with Crippen LogP contribution in [0.15, 0.2) is 42.0 Å². The lowest BCUT2D eigenvalue weighted by molar-refractivity contribution is -0.187. The Bertz CT molecular complexity index is 850. The van der Waals surface area contributed by atoms with Crippen molar-refractivity contribution in [1.82, 2.24) is 4.90 Å². The summed E-state index contributed by atoms with van der Waals surface area (Å²) in [4.78, 5) is 28.5. The van der Waals surface area contributed by atoms with E-state index in [2.05, 4.69) is 17.0 Å². The number of fused-ring (bicyclic) bond motifs is 4. The monoisotopic (exact) mass is 377 g/mol. The minimum Gasteiger partial charge on any atom is -0.459 e. The standard InChI is InChI=1S/C24H27NO3/c26-18-13-17-14-25-22(21(17)20(18)16-8-9-16)19(12-15-6-2-1-3-7-15)28-23(27)24(25)10-4-5-11-24/h1-3,6-7,13,16,19-22H,4-5,8-12,14H2/t19-,20-,21-,22-/m0/s1. The van der Waals surface area contributed by atoms with E-state index in [9.17, 15) is 9.59 Å². The highest BCUT2D eigenvalue weighted by Gasteiger charge is 2.64. The van der Waals surface area contributed by atoms with Crippen LogP contribution < -0.4 is 0 Å². The Kier molecular flexibility index (Phi) is 3.65. The number of hydrogen-bond acceptors (Lipinski definition) is 4. The molecule has 6 rings (SSSR count). The van der Waals surface area contributed by atoms with Crippen LogP contribution in [0.4, 0.5) is 0 Å². The summed E-state index contributed by atoms with van der Waals surface area (Å²) in [5.74, 6) is 1.23. The Morgan fingerprint density at radius 1 is 1.04 bits per heavy atom. The first kappa shape index (κ1) is 17.0. The number of nitrogens with zero attached hydrogens (tertiary/aromatic N) is 1. The van der Waals surface area contributed by atoms with E-state index >= 15 is 0 Å². The summed E-state index contributed by atoms with van der Waals surface area (Å²) in [6.45, 7) is 0.782. The Morgan fingerprint density at radius 3 is 2.50 bits per heavy atom. The first-order valence-electron chi connectivity index (χ1n) is 10.9. The van der Waals surface area contributed by atoms with E-state index in [1.165, 1.54) is 24.0 Å². The van der Waals surface area contributed by atoms with Gasteiger partial charge in [-0.25, -0.2) is 0 Å². The molecule has 3 aliphatic carbocycles. The van der Waals surface area contributed by atoms with E-state index in [1.54, 1.807) is 0 Å². The SMILES string of the molecule is O=C1C=C2CN3[C@H]([C@@H]2[C@H]1C1CC1)[C@H](Cc1ccccc1)OC(=O)C31CCCC1. The molecule has 2 saturated heterocycles. The second-order valence-corrected chi connectivity index (χ2v) is 9.50. The van der Waals surface area contributed by atoms with E-state index in [0.717, 1.165) is 38.6 Å². The van der Waals surface area contributed by atoms with Crippen LogP contribution >= 0.6 is 0 Å². The van der Waals surface area contributed by atoms with Gasteiger partial charge >= 0.3 is 5.97 Å². The van der Waals surface area contributed by atoms with Gasteiger partial charge in [0.1, 0.15) is 11.6 Å². The van der Waals surface area contributed by atoms with Crippen LogP contribution in [-0.4, -0.2) is 40.9 Å². The Morgan fingerprint density at radius 2 is 1.79 bits per heavy atom. The topological polar surface area (TPSA) is 46.6 Å². The molecule has 2 saturated carbocycles. The number of benzene rings is 1. The van der Waals surface area contributed by atoms with E-state index in [-0.39, 0.29) is 30.0 Å². The molecule has 1 aromatic rings. The van der Waals surface area contributed by atoms with Crippen molar-refractivity contribution in [2.45, 2.75) is 62.6 Å². The lowest BCUT2D eigenvalue weighted by Crippen LogP contribution is -2.65. The molecule has 0 N–H and O–H groups in total. The van der Waals surface area contributed by atoms with Crippen molar-refractivity contribution >= 4 is 11.8 Å². The van der Waals surface area contributed by atoms with Gasteiger partial charge < -0.3 is 4.74 Å². The molecule has 146 valence electrons. The third kappa shape index (κ3) is 2.33. The average molecular weight is 377 g/mol. The van der Waals surface area contributed by atoms with Gasteiger partial charge in [-0.05, 0) is 48.8 Å². The fraction of sp³-hybridized carbons (Fsp3) is 0.583. The maximum atomic E-state index is 13.2. The van der Waals surface area contributed by atoms with Crippen LogP contribution in [0.5, 0.6) is 0 Å². The van der Waals surface area contributed by atoms with E-state index in [0.29, 0.717) is 11.7 Å². The molecular formula is C24H27NO3. The zero-order valence-corrected chi connectivity index (χ0v) is 16.2. The van der Waals surface area contributed by atoms with Crippen molar-refractivity contribution < 1.29 is 14.3 Å². The molecule has 1 aromatic carbocycles. The minimum atomic E-state index is -0.444. The summed E-state index contributed by atoms with van der Waals surface area (Å²) in [5, 5.41) is 0. The summed E-state index contributed by atoms with van der Waals surface area (Å²) in [6.07, 6.45) is 8.85. The van der Waals surface area contributed by atoms with Crippen LogP contribution in [0.3, 0.4) is 0 Å². The summed E-state index contributed by atoms with van der Waals surface area (Å²) < 4.78 is 6.21. The number of ether oxygens (including phenoxy) is 1. The molecule has 4 fully saturated rings. The van der Waals surface area contributed by atoms with Crippen molar-refractivity contribution in [3.63, 3.8) is 0 Å². The van der Waals surface area contributed by atoms with Crippen LogP contribution in [0.2, 0.25) is 0 Å². The lowest BCUT2D eigenvalue weighted by Gasteiger charge is -2.49. The quantitative estimate of drug-likeness (QED) is 0.759. The third-order valence-corrected chi connectivity index (χ3v) is 7.96. The first-order chi connectivity index (χ1) is 13.7. The predicted octanol–water partition coefficient (Wildman–Crippen LogP) is 3.30. The molecular weight excluding hydrogens is 350 g/mol. The molecule has 2 aliphatic heterocycles. The average Bonchev–Trinajstić information content (AvgIpc) is 3.13. The zero-order valence-electron chi connectivity index (χ0n) is 16.2. The predicted molar refractivity (Wildman–Crippen MR) is 105 cm³/mol. The lowest BCUT2D eigenvalue weighted by atomic mass is 9.78. The van der Waals surface area contributed by atoms with Crippen molar-refractivity contribution in [1.29, 1.82) is 0 Å². The molecule has 2 heterocycles. The smallest absolute Gasteiger partial charge is 0.326 e. The van der Waals surface area contributed by atoms with Crippen molar-refractivity contribution in [2.24, 2.45) is 17.8 Å². The fourth-order valence-electron chi connectivity index (χ4n) is 6.61. The largest absolute Gasteiger partial charge is 0.459 e. The first-order valence-corrected chi connectivity index (χ1v) is 10.9. The molecule has 1 spiro atoms. The number of morpholine rings is 1. The van der Waals surface area contributed by atoms with Gasteiger partial charge in [0.2, 0.25) is 0 Å². The minimum absolute atomic E-state index is 0.0166. The number of carbonyl (C=O) groups excluding carboxylic acids is 2. The molecule has 0 amide bonds. The van der Waals surface area contributed by atoms with E-state index in [1.807, 2.05) is 24.3 Å². The molecule has 0 bridgehead atoms. The van der Waals surface area contributed by atoms with Crippen molar-refractivity contribution in [3.05, 3.63) is 47.5 Å². The van der Waals surface area contributed by atoms with Gasteiger partial charge in [0.05, 0.1) is 6.04 Å². The normalized spacial score (nSPS) is 36.4. The number of ketones is 1.